The normalized spacial score (nSPS) is 31.4. The Morgan fingerprint density at radius 2 is 2.23 bits per heavy atom. The van der Waals surface area contributed by atoms with Gasteiger partial charge in [-0.2, -0.15) is 0 Å². The van der Waals surface area contributed by atoms with Gasteiger partial charge in [-0.25, -0.2) is 0 Å². The fourth-order valence-electron chi connectivity index (χ4n) is 3.04. The van der Waals surface area contributed by atoms with Gasteiger partial charge >= 0.3 is 0 Å². The molecule has 8 heteroatoms. The molecule has 8 nitrogen and oxygen atoms in total. The number of carbonyl (C=O) groups excluding carboxylic acids is 1. The number of methoxy groups -OCH3 is 1. The van der Waals surface area contributed by atoms with Crippen molar-refractivity contribution in [2.24, 2.45) is 5.92 Å². The second kappa shape index (κ2) is 6.31. The van der Waals surface area contributed by atoms with Gasteiger partial charge in [-0.3, -0.25) is 9.48 Å². The van der Waals surface area contributed by atoms with Crippen molar-refractivity contribution in [2.45, 2.75) is 50.0 Å². The summed E-state index contributed by atoms with van der Waals surface area (Å²) in [6.07, 6.45) is 2.87. The molecule has 0 aliphatic heterocycles. The van der Waals surface area contributed by atoms with Crippen molar-refractivity contribution in [3.05, 3.63) is 11.9 Å². The van der Waals surface area contributed by atoms with Crippen LogP contribution in [-0.2, 0) is 16.1 Å². The van der Waals surface area contributed by atoms with Crippen molar-refractivity contribution in [1.29, 1.82) is 0 Å². The van der Waals surface area contributed by atoms with Crippen LogP contribution in [0.25, 0.3) is 0 Å². The van der Waals surface area contributed by atoms with Crippen LogP contribution in [0.5, 0.6) is 0 Å². The maximum Gasteiger partial charge on any atom is 0.246 e. The van der Waals surface area contributed by atoms with Gasteiger partial charge in [0.2, 0.25) is 5.91 Å². The lowest BCUT2D eigenvalue weighted by molar-refractivity contribution is -0.126. The second-order valence-electron chi connectivity index (χ2n) is 6.22. The van der Waals surface area contributed by atoms with Crippen LogP contribution in [-0.4, -0.2) is 63.1 Å². The van der Waals surface area contributed by atoms with E-state index in [0.29, 0.717) is 18.9 Å². The molecule has 1 amide bonds. The van der Waals surface area contributed by atoms with Gasteiger partial charge in [0.25, 0.3) is 0 Å². The molecular formula is C14H22N4O4. The van der Waals surface area contributed by atoms with E-state index in [1.807, 2.05) is 6.20 Å². The van der Waals surface area contributed by atoms with Crippen LogP contribution in [0.15, 0.2) is 6.20 Å². The molecule has 1 aromatic heterocycles. The van der Waals surface area contributed by atoms with E-state index in [1.54, 1.807) is 4.68 Å². The van der Waals surface area contributed by atoms with Crippen LogP contribution >= 0.6 is 0 Å². The van der Waals surface area contributed by atoms with Gasteiger partial charge in [0, 0.05) is 31.7 Å². The summed E-state index contributed by atoms with van der Waals surface area (Å²) in [6.45, 7) is 0.423. The fraction of sp³-hybridized carbons (Fsp3) is 0.786. The molecule has 3 N–H and O–H groups in total. The maximum absolute atomic E-state index is 11.5. The number of hydrogen-bond acceptors (Lipinski definition) is 6. The quantitative estimate of drug-likeness (QED) is 0.623. The summed E-state index contributed by atoms with van der Waals surface area (Å²) in [7, 11) is 1.43. The van der Waals surface area contributed by atoms with E-state index in [0.717, 1.165) is 18.5 Å². The monoisotopic (exact) mass is 310 g/mol. The molecule has 2 fully saturated rings. The first kappa shape index (κ1) is 15.4. The first-order valence-corrected chi connectivity index (χ1v) is 7.63. The number of ether oxygens (including phenoxy) is 1. The second-order valence-corrected chi connectivity index (χ2v) is 6.22. The minimum atomic E-state index is -0.975. The largest absolute Gasteiger partial charge is 0.390 e. The minimum Gasteiger partial charge on any atom is -0.390 e. The highest BCUT2D eigenvalue weighted by Gasteiger charge is 2.42. The smallest absolute Gasteiger partial charge is 0.246 e. The summed E-state index contributed by atoms with van der Waals surface area (Å²) >= 11 is 0. The van der Waals surface area contributed by atoms with Gasteiger partial charge in [0.15, 0.2) is 0 Å². The van der Waals surface area contributed by atoms with Crippen molar-refractivity contribution in [1.82, 2.24) is 20.3 Å². The molecule has 122 valence electrons. The molecular weight excluding hydrogens is 288 g/mol. The van der Waals surface area contributed by atoms with Crippen molar-refractivity contribution in [2.75, 3.05) is 13.7 Å². The molecule has 1 heterocycles. The minimum absolute atomic E-state index is 0.0577. The molecule has 0 radical (unpaired) electrons. The molecule has 0 unspecified atom stereocenters. The Morgan fingerprint density at radius 3 is 2.91 bits per heavy atom. The van der Waals surface area contributed by atoms with Crippen molar-refractivity contribution in [3.63, 3.8) is 0 Å². The summed E-state index contributed by atoms with van der Waals surface area (Å²) in [4.78, 5) is 11.5. The number of nitrogens with zero attached hydrogens (tertiary/aromatic N) is 3. The van der Waals surface area contributed by atoms with Gasteiger partial charge in [0.05, 0.1) is 17.8 Å². The summed E-state index contributed by atoms with van der Waals surface area (Å²) in [5.74, 6) is 0.0710. The molecule has 3 rings (SSSR count). The van der Waals surface area contributed by atoms with Crippen molar-refractivity contribution >= 4 is 5.91 Å². The van der Waals surface area contributed by atoms with Crippen LogP contribution in [0.2, 0.25) is 0 Å². The third-order valence-corrected chi connectivity index (χ3v) is 4.40. The zero-order valence-electron chi connectivity index (χ0n) is 12.6. The summed E-state index contributed by atoms with van der Waals surface area (Å²) < 4.78 is 6.47. The van der Waals surface area contributed by atoms with E-state index < -0.39 is 18.2 Å². The van der Waals surface area contributed by atoms with E-state index >= 15 is 0 Å². The Kier molecular flexibility index (Phi) is 4.42. The maximum atomic E-state index is 11.5. The number of nitrogens with one attached hydrogen (secondary N) is 1. The number of rotatable bonds is 6. The van der Waals surface area contributed by atoms with Gasteiger partial charge in [0.1, 0.15) is 12.7 Å². The Hall–Kier alpha value is -1.51. The van der Waals surface area contributed by atoms with E-state index in [9.17, 15) is 15.0 Å². The van der Waals surface area contributed by atoms with Crippen LogP contribution in [0.4, 0.5) is 0 Å². The highest BCUT2D eigenvalue weighted by Crippen LogP contribution is 2.38. The van der Waals surface area contributed by atoms with Crippen molar-refractivity contribution in [3.8, 4) is 0 Å². The third kappa shape index (κ3) is 3.29. The van der Waals surface area contributed by atoms with E-state index in [-0.39, 0.29) is 18.4 Å². The zero-order chi connectivity index (χ0) is 15.7. The predicted octanol–water partition coefficient (Wildman–Crippen LogP) is -0.972. The Morgan fingerprint density at radius 1 is 1.45 bits per heavy atom. The zero-order valence-corrected chi connectivity index (χ0v) is 12.6. The van der Waals surface area contributed by atoms with Crippen molar-refractivity contribution < 1.29 is 19.7 Å². The Bertz CT molecular complexity index is 531. The van der Waals surface area contributed by atoms with Gasteiger partial charge in [-0.1, -0.05) is 5.21 Å². The van der Waals surface area contributed by atoms with Crippen LogP contribution in [0, 0.1) is 5.92 Å². The van der Waals surface area contributed by atoms with Crippen LogP contribution in [0.1, 0.15) is 30.9 Å². The summed E-state index contributed by atoms with van der Waals surface area (Å²) in [5, 5.41) is 31.2. The standard InChI is InChI=1S/C14H22N4O4/c1-22-7-12(19)15-10-4-9(13(20)14(10)21)5-18-6-11(16-17-18)8-2-3-8/h6,8-10,13-14,20-21H,2-5,7H2,1H3,(H,15,19)/t9-,10-,13-,14+/m1/s1. The predicted molar refractivity (Wildman–Crippen MR) is 75.9 cm³/mol. The average molecular weight is 310 g/mol. The number of hydrogen-bond donors (Lipinski definition) is 3. The number of aliphatic hydroxyl groups is 2. The number of amides is 1. The van der Waals surface area contributed by atoms with E-state index in [2.05, 4.69) is 15.6 Å². The molecule has 1 aromatic rings. The van der Waals surface area contributed by atoms with Gasteiger partial charge in [-0.05, 0) is 19.3 Å². The highest BCUT2D eigenvalue weighted by molar-refractivity contribution is 5.77. The Balaban J connectivity index is 1.57. The highest BCUT2D eigenvalue weighted by atomic mass is 16.5. The van der Waals surface area contributed by atoms with E-state index in [4.69, 9.17) is 4.74 Å². The molecule has 2 saturated carbocycles. The van der Waals surface area contributed by atoms with E-state index in [1.165, 1.54) is 7.11 Å². The van der Waals surface area contributed by atoms with Gasteiger partial charge in [-0.15, -0.1) is 5.10 Å². The van der Waals surface area contributed by atoms with Crippen LogP contribution in [0.3, 0.4) is 0 Å². The number of carbonyl (C=O) groups is 1. The number of aliphatic hydroxyl groups excluding tert-OH is 2. The number of aromatic nitrogens is 3. The molecule has 22 heavy (non-hydrogen) atoms. The first-order valence-electron chi connectivity index (χ1n) is 7.63. The SMILES string of the molecule is COCC(=O)N[C@@H]1C[C@H](Cn2cc(C3CC3)nn2)[C@@H](O)[C@H]1O. The molecule has 0 saturated heterocycles. The molecule has 0 spiro atoms. The summed E-state index contributed by atoms with van der Waals surface area (Å²) in [5.41, 5.74) is 0.998. The lowest BCUT2D eigenvalue weighted by atomic mass is 10.1. The first-order chi connectivity index (χ1) is 10.6. The fourth-order valence-corrected chi connectivity index (χ4v) is 3.04. The molecule has 0 bridgehead atoms. The topological polar surface area (TPSA) is 110 Å². The van der Waals surface area contributed by atoms with Gasteiger partial charge < -0.3 is 20.3 Å². The molecule has 4 atom stereocenters. The molecule has 2 aliphatic carbocycles. The lowest BCUT2D eigenvalue weighted by Gasteiger charge is -2.17. The Labute approximate surface area is 128 Å². The molecule has 2 aliphatic rings. The molecule has 0 aromatic carbocycles. The summed E-state index contributed by atoms with van der Waals surface area (Å²) in [6, 6.07) is -0.464. The third-order valence-electron chi connectivity index (χ3n) is 4.40. The lowest BCUT2D eigenvalue weighted by Crippen LogP contribution is -2.44. The average Bonchev–Trinajstić information content (AvgIpc) is 3.18. The van der Waals surface area contributed by atoms with Crippen LogP contribution < -0.4 is 5.32 Å².